The van der Waals surface area contributed by atoms with E-state index in [-0.39, 0.29) is 0 Å². The molecule has 3 nitrogen and oxygen atoms in total. The zero-order valence-electron chi connectivity index (χ0n) is 9.65. The van der Waals surface area contributed by atoms with Crippen LogP contribution in [0.5, 0.6) is 0 Å². The first kappa shape index (κ1) is 13.0. The molecule has 1 aromatic heterocycles. The van der Waals surface area contributed by atoms with Crippen molar-refractivity contribution < 1.29 is 0 Å². The highest BCUT2D eigenvalue weighted by Crippen LogP contribution is 2.21. The Kier molecular flexibility index (Phi) is 5.27. The smallest absolute Gasteiger partial charge is 0.132 e. The minimum absolute atomic E-state index is 0.348. The van der Waals surface area contributed by atoms with Gasteiger partial charge in [0.1, 0.15) is 5.82 Å². The Morgan fingerprint density at radius 3 is 2.88 bits per heavy atom. The summed E-state index contributed by atoms with van der Waals surface area (Å²) in [6.45, 7) is 4.96. The number of nitrogens with zero attached hydrogens (tertiary/aromatic N) is 3. The van der Waals surface area contributed by atoms with E-state index in [1.165, 1.54) is 0 Å². The molecular weight excluding hydrogens is 266 g/mol. The third-order valence-corrected chi connectivity index (χ3v) is 2.98. The Morgan fingerprint density at radius 2 is 2.31 bits per heavy atom. The van der Waals surface area contributed by atoms with Crippen molar-refractivity contribution in [2.75, 3.05) is 11.4 Å². The lowest BCUT2D eigenvalue weighted by molar-refractivity contribution is 0.674. The van der Waals surface area contributed by atoms with Crippen molar-refractivity contribution in [3.8, 4) is 6.07 Å². The number of alkyl halides is 1. The molecule has 0 aromatic carbocycles. The van der Waals surface area contributed by atoms with E-state index in [4.69, 9.17) is 5.26 Å². The van der Waals surface area contributed by atoms with E-state index >= 15 is 0 Å². The number of hydrogen-bond acceptors (Lipinski definition) is 3. The molecular formula is C12H16BrN3. The third-order valence-electron chi connectivity index (χ3n) is 2.37. The second kappa shape index (κ2) is 6.49. The van der Waals surface area contributed by atoms with Crippen LogP contribution in [-0.4, -0.2) is 17.6 Å². The van der Waals surface area contributed by atoms with Gasteiger partial charge in [-0.1, -0.05) is 22.0 Å². The summed E-state index contributed by atoms with van der Waals surface area (Å²) >= 11 is 3.46. The summed E-state index contributed by atoms with van der Waals surface area (Å²) in [5.74, 6) is 0.977. The van der Waals surface area contributed by atoms with Crippen LogP contribution in [-0.2, 0) is 5.33 Å². The molecule has 4 heteroatoms. The normalized spacial score (nSPS) is 10.2. The number of rotatable bonds is 5. The molecule has 0 N–H and O–H groups in total. The first-order valence-electron chi connectivity index (χ1n) is 5.34. The fourth-order valence-electron chi connectivity index (χ4n) is 1.57. The lowest BCUT2D eigenvalue weighted by Gasteiger charge is -2.28. The largest absolute Gasteiger partial charge is 0.353 e. The summed E-state index contributed by atoms with van der Waals surface area (Å²) in [5, 5.41) is 9.45. The molecule has 0 aliphatic carbocycles. The quantitative estimate of drug-likeness (QED) is 0.779. The fourth-order valence-corrected chi connectivity index (χ4v) is 2.01. The molecule has 0 saturated carbocycles. The molecule has 1 aromatic rings. The van der Waals surface area contributed by atoms with E-state index in [0.29, 0.717) is 12.5 Å². The maximum atomic E-state index is 8.66. The molecule has 0 spiro atoms. The van der Waals surface area contributed by atoms with Gasteiger partial charge in [-0.15, -0.1) is 0 Å². The summed E-state index contributed by atoms with van der Waals surface area (Å²) in [6.07, 6.45) is 2.32. The summed E-state index contributed by atoms with van der Waals surface area (Å²) in [5.41, 5.74) is 1.16. The van der Waals surface area contributed by atoms with Gasteiger partial charge in [0.05, 0.1) is 12.5 Å². The topological polar surface area (TPSA) is 39.9 Å². The first-order valence-corrected chi connectivity index (χ1v) is 6.46. The van der Waals surface area contributed by atoms with E-state index in [9.17, 15) is 0 Å². The highest BCUT2D eigenvalue weighted by Gasteiger charge is 2.14. The molecule has 0 saturated heterocycles. The zero-order chi connectivity index (χ0) is 12.0. The van der Waals surface area contributed by atoms with Crippen LogP contribution in [0.25, 0.3) is 0 Å². The molecule has 0 unspecified atom stereocenters. The number of aromatic nitrogens is 1. The van der Waals surface area contributed by atoms with Crippen LogP contribution in [0.1, 0.15) is 25.8 Å². The number of pyridine rings is 1. The van der Waals surface area contributed by atoms with Crippen LogP contribution >= 0.6 is 15.9 Å². The van der Waals surface area contributed by atoms with Crippen molar-refractivity contribution in [1.29, 1.82) is 5.26 Å². The van der Waals surface area contributed by atoms with Crippen molar-refractivity contribution in [2.24, 2.45) is 0 Å². The molecule has 0 aliphatic heterocycles. The van der Waals surface area contributed by atoms with E-state index in [1.807, 2.05) is 6.07 Å². The number of halogens is 1. The van der Waals surface area contributed by atoms with Crippen LogP contribution in [0.3, 0.4) is 0 Å². The van der Waals surface area contributed by atoms with Gasteiger partial charge < -0.3 is 4.90 Å². The van der Waals surface area contributed by atoms with Crippen molar-refractivity contribution in [3.63, 3.8) is 0 Å². The van der Waals surface area contributed by atoms with Gasteiger partial charge in [0, 0.05) is 29.7 Å². The molecule has 0 radical (unpaired) electrons. The van der Waals surface area contributed by atoms with E-state index in [0.717, 1.165) is 23.3 Å². The lowest BCUT2D eigenvalue weighted by atomic mass is 10.2. The Balaban J connectivity index is 2.96. The molecule has 0 bridgehead atoms. The van der Waals surface area contributed by atoms with Crippen LogP contribution in [0.4, 0.5) is 5.82 Å². The summed E-state index contributed by atoms with van der Waals surface area (Å²) in [7, 11) is 0. The Hall–Kier alpha value is -1.08. The van der Waals surface area contributed by atoms with E-state index in [1.54, 1.807) is 6.20 Å². The van der Waals surface area contributed by atoms with Crippen LogP contribution in [0.15, 0.2) is 18.3 Å². The molecule has 0 aliphatic rings. The second-order valence-corrected chi connectivity index (χ2v) is 4.38. The van der Waals surface area contributed by atoms with Crippen molar-refractivity contribution in [1.82, 2.24) is 4.98 Å². The van der Waals surface area contributed by atoms with Crippen LogP contribution in [0.2, 0.25) is 0 Å². The monoisotopic (exact) mass is 281 g/mol. The highest BCUT2D eigenvalue weighted by atomic mass is 79.9. The van der Waals surface area contributed by atoms with Gasteiger partial charge in [0.15, 0.2) is 0 Å². The van der Waals surface area contributed by atoms with Gasteiger partial charge >= 0.3 is 0 Å². The number of anilines is 1. The molecule has 1 heterocycles. The first-order chi connectivity index (χ1) is 7.70. The summed E-state index contributed by atoms with van der Waals surface area (Å²) < 4.78 is 0. The van der Waals surface area contributed by atoms with Gasteiger partial charge in [-0.2, -0.15) is 5.26 Å². The molecule has 86 valence electrons. The third kappa shape index (κ3) is 3.21. The minimum atomic E-state index is 0.348. The van der Waals surface area contributed by atoms with E-state index < -0.39 is 0 Å². The number of hydrogen-bond donors (Lipinski definition) is 0. The molecule has 0 atom stereocenters. The molecule has 0 fully saturated rings. The molecule has 0 amide bonds. The van der Waals surface area contributed by atoms with E-state index in [2.05, 4.69) is 51.8 Å². The van der Waals surface area contributed by atoms with Crippen molar-refractivity contribution in [2.45, 2.75) is 31.6 Å². The molecule has 16 heavy (non-hydrogen) atoms. The second-order valence-electron chi connectivity index (χ2n) is 3.82. The highest BCUT2D eigenvalue weighted by molar-refractivity contribution is 9.08. The Bertz CT molecular complexity index is 371. The summed E-state index contributed by atoms with van der Waals surface area (Å²) in [4.78, 5) is 6.58. The lowest BCUT2D eigenvalue weighted by Crippen LogP contribution is -2.33. The fraction of sp³-hybridized carbons (Fsp3) is 0.500. The van der Waals surface area contributed by atoms with Crippen molar-refractivity contribution in [3.05, 3.63) is 23.9 Å². The van der Waals surface area contributed by atoms with Crippen LogP contribution in [0, 0.1) is 11.3 Å². The Morgan fingerprint density at radius 1 is 1.56 bits per heavy atom. The van der Waals surface area contributed by atoms with Crippen molar-refractivity contribution >= 4 is 21.7 Å². The predicted molar refractivity (Wildman–Crippen MR) is 69.6 cm³/mol. The standard InChI is InChI=1S/C12H16BrN3/c1-10(2)16(8-4-6-14)12-11(9-13)5-3-7-15-12/h3,5,7,10H,4,8-9H2,1-2H3. The van der Waals surface area contributed by atoms with Gasteiger partial charge in [0.25, 0.3) is 0 Å². The molecule has 1 rings (SSSR count). The average molecular weight is 282 g/mol. The van der Waals surface area contributed by atoms with Gasteiger partial charge in [0.2, 0.25) is 0 Å². The zero-order valence-corrected chi connectivity index (χ0v) is 11.2. The SMILES string of the molecule is CC(C)N(CCC#N)c1ncccc1CBr. The van der Waals surface area contributed by atoms with Crippen LogP contribution < -0.4 is 4.90 Å². The Labute approximate surface area is 105 Å². The predicted octanol–water partition coefficient (Wildman–Crippen LogP) is 3.10. The summed E-state index contributed by atoms with van der Waals surface area (Å²) in [6, 6.07) is 6.52. The average Bonchev–Trinajstić information content (AvgIpc) is 2.29. The number of nitriles is 1. The maximum Gasteiger partial charge on any atom is 0.132 e. The maximum absolute atomic E-state index is 8.66. The minimum Gasteiger partial charge on any atom is -0.353 e. The van der Waals surface area contributed by atoms with Gasteiger partial charge in [-0.3, -0.25) is 0 Å². The van der Waals surface area contributed by atoms with Gasteiger partial charge in [-0.25, -0.2) is 4.98 Å². The van der Waals surface area contributed by atoms with Gasteiger partial charge in [-0.05, 0) is 19.9 Å².